The number of amidine groups is 1. The predicted octanol–water partition coefficient (Wildman–Crippen LogP) is 1.92. The Bertz CT molecular complexity index is 410. The molecule has 3 N–H and O–H groups in total. The van der Waals surface area contributed by atoms with Crippen molar-refractivity contribution < 1.29 is 14.7 Å². The van der Waals surface area contributed by atoms with Gasteiger partial charge in [0.05, 0.1) is 13.7 Å². The molecule has 1 rings (SSSR count). The molecule has 0 atom stereocenters. The summed E-state index contributed by atoms with van der Waals surface area (Å²) in [7, 11) is 1.56. The lowest BCUT2D eigenvalue weighted by Crippen LogP contribution is -2.13. The van der Waals surface area contributed by atoms with E-state index in [2.05, 4.69) is 11.4 Å². The molecule has 0 spiro atoms. The fourth-order valence-electron chi connectivity index (χ4n) is 1.37. The molecule has 6 heteroatoms. The standard InChI is InChI=1S/C12H18N2O3S/c1-16-10-6-9(12(13)14-15)7-11(8-10)17-4-3-5-18-2/h6-8,15H,3-5H2,1-2H3,(H2,13,14). The number of methoxy groups -OCH3 is 1. The molecule has 0 aromatic heterocycles. The number of ether oxygens (including phenoxy) is 2. The molecule has 5 nitrogen and oxygen atoms in total. The van der Waals surface area contributed by atoms with Crippen molar-refractivity contribution >= 4 is 17.6 Å². The Hall–Kier alpha value is -1.56. The van der Waals surface area contributed by atoms with Crippen molar-refractivity contribution in [1.82, 2.24) is 0 Å². The maximum atomic E-state index is 8.67. The van der Waals surface area contributed by atoms with Gasteiger partial charge in [0, 0.05) is 11.6 Å². The number of nitrogens with two attached hydrogens (primary N) is 1. The molecular formula is C12H18N2O3S. The van der Waals surface area contributed by atoms with Crippen LogP contribution in [-0.2, 0) is 0 Å². The van der Waals surface area contributed by atoms with E-state index < -0.39 is 0 Å². The summed E-state index contributed by atoms with van der Waals surface area (Å²) < 4.78 is 10.7. The highest BCUT2D eigenvalue weighted by Crippen LogP contribution is 2.23. The monoisotopic (exact) mass is 270 g/mol. The van der Waals surface area contributed by atoms with Crippen LogP contribution < -0.4 is 15.2 Å². The van der Waals surface area contributed by atoms with Gasteiger partial charge in [0.1, 0.15) is 11.5 Å². The van der Waals surface area contributed by atoms with E-state index >= 15 is 0 Å². The SMILES string of the molecule is COc1cc(OCCCSC)cc(/C(N)=N/O)c1. The van der Waals surface area contributed by atoms with Crippen LogP contribution >= 0.6 is 11.8 Å². The first kappa shape index (κ1) is 14.5. The van der Waals surface area contributed by atoms with Gasteiger partial charge < -0.3 is 20.4 Å². The van der Waals surface area contributed by atoms with Crippen LogP contribution in [0.5, 0.6) is 11.5 Å². The van der Waals surface area contributed by atoms with Gasteiger partial charge in [-0.15, -0.1) is 0 Å². The first-order valence-corrected chi connectivity index (χ1v) is 6.89. The maximum absolute atomic E-state index is 8.67. The van der Waals surface area contributed by atoms with E-state index in [9.17, 15) is 0 Å². The normalized spacial score (nSPS) is 11.3. The van der Waals surface area contributed by atoms with Gasteiger partial charge in [-0.1, -0.05) is 5.16 Å². The molecule has 1 aromatic carbocycles. The molecule has 0 aliphatic heterocycles. The maximum Gasteiger partial charge on any atom is 0.170 e. The Morgan fingerprint density at radius 2 is 2.11 bits per heavy atom. The number of benzene rings is 1. The molecule has 0 saturated heterocycles. The summed E-state index contributed by atoms with van der Waals surface area (Å²) in [6.07, 6.45) is 3.03. The summed E-state index contributed by atoms with van der Waals surface area (Å²) in [4.78, 5) is 0. The highest BCUT2D eigenvalue weighted by Gasteiger charge is 2.06. The lowest BCUT2D eigenvalue weighted by Gasteiger charge is -2.10. The van der Waals surface area contributed by atoms with Crippen molar-refractivity contribution in [2.24, 2.45) is 10.9 Å². The molecule has 0 saturated carbocycles. The van der Waals surface area contributed by atoms with Gasteiger partial charge in [-0.3, -0.25) is 0 Å². The van der Waals surface area contributed by atoms with Crippen molar-refractivity contribution in [2.45, 2.75) is 6.42 Å². The van der Waals surface area contributed by atoms with Crippen molar-refractivity contribution in [1.29, 1.82) is 0 Å². The van der Waals surface area contributed by atoms with Gasteiger partial charge in [0.15, 0.2) is 5.84 Å². The number of hydrogen-bond donors (Lipinski definition) is 2. The van der Waals surface area contributed by atoms with Crippen LogP contribution in [0.15, 0.2) is 23.4 Å². The second kappa shape index (κ2) is 7.71. The minimum Gasteiger partial charge on any atom is -0.497 e. The molecule has 0 fully saturated rings. The third kappa shape index (κ3) is 4.37. The van der Waals surface area contributed by atoms with E-state index in [1.54, 1.807) is 37.1 Å². The Morgan fingerprint density at radius 3 is 2.72 bits per heavy atom. The summed E-state index contributed by atoms with van der Waals surface area (Å²) in [6, 6.07) is 5.17. The fourth-order valence-corrected chi connectivity index (χ4v) is 1.78. The molecule has 0 unspecified atom stereocenters. The Morgan fingerprint density at radius 1 is 1.39 bits per heavy atom. The summed E-state index contributed by atoms with van der Waals surface area (Å²) in [5, 5.41) is 11.6. The summed E-state index contributed by atoms with van der Waals surface area (Å²) in [6.45, 7) is 0.629. The Kier molecular flexibility index (Phi) is 6.21. The van der Waals surface area contributed by atoms with Gasteiger partial charge in [0.25, 0.3) is 0 Å². The fraction of sp³-hybridized carbons (Fsp3) is 0.417. The van der Waals surface area contributed by atoms with Gasteiger partial charge >= 0.3 is 0 Å². The second-order valence-corrected chi connectivity index (χ2v) is 4.56. The quantitative estimate of drug-likeness (QED) is 0.260. The van der Waals surface area contributed by atoms with E-state index in [1.165, 1.54) is 0 Å². The van der Waals surface area contributed by atoms with Crippen molar-refractivity contribution in [3.05, 3.63) is 23.8 Å². The lowest BCUT2D eigenvalue weighted by atomic mass is 10.2. The Balaban J connectivity index is 2.77. The predicted molar refractivity (Wildman–Crippen MR) is 74.0 cm³/mol. The van der Waals surface area contributed by atoms with Crippen LogP contribution in [0.2, 0.25) is 0 Å². The molecule has 100 valence electrons. The number of hydrogen-bond acceptors (Lipinski definition) is 5. The van der Waals surface area contributed by atoms with Gasteiger partial charge in [-0.2, -0.15) is 11.8 Å². The zero-order chi connectivity index (χ0) is 13.4. The number of oxime groups is 1. The second-order valence-electron chi connectivity index (χ2n) is 3.58. The van der Waals surface area contributed by atoms with E-state index in [0.29, 0.717) is 23.7 Å². The van der Waals surface area contributed by atoms with Crippen LogP contribution in [0.4, 0.5) is 0 Å². The van der Waals surface area contributed by atoms with Crippen molar-refractivity contribution in [3.63, 3.8) is 0 Å². The third-order valence-corrected chi connectivity index (χ3v) is 2.98. The summed E-state index contributed by atoms with van der Waals surface area (Å²) in [5.74, 6) is 2.34. The molecule has 0 radical (unpaired) electrons. The Labute approximate surface area is 111 Å². The highest BCUT2D eigenvalue weighted by atomic mass is 32.2. The molecule has 0 aliphatic carbocycles. The highest BCUT2D eigenvalue weighted by molar-refractivity contribution is 7.98. The lowest BCUT2D eigenvalue weighted by molar-refractivity contribution is 0.315. The van der Waals surface area contributed by atoms with E-state index in [-0.39, 0.29) is 5.84 Å². The number of nitrogens with zero attached hydrogens (tertiary/aromatic N) is 1. The zero-order valence-electron chi connectivity index (χ0n) is 10.5. The van der Waals surface area contributed by atoms with E-state index in [1.807, 2.05) is 0 Å². The molecule has 0 bridgehead atoms. The molecule has 1 aromatic rings. The van der Waals surface area contributed by atoms with Crippen LogP contribution in [-0.4, -0.2) is 36.8 Å². The average Bonchev–Trinajstić information content (AvgIpc) is 2.42. The van der Waals surface area contributed by atoms with Crippen molar-refractivity contribution in [2.75, 3.05) is 25.7 Å². The molecule has 18 heavy (non-hydrogen) atoms. The minimum absolute atomic E-state index is 0.0304. The largest absolute Gasteiger partial charge is 0.497 e. The van der Waals surface area contributed by atoms with Crippen molar-refractivity contribution in [3.8, 4) is 11.5 Å². The number of thioether (sulfide) groups is 1. The molecular weight excluding hydrogens is 252 g/mol. The van der Waals surface area contributed by atoms with E-state index in [4.69, 9.17) is 20.4 Å². The van der Waals surface area contributed by atoms with Crippen LogP contribution in [0.1, 0.15) is 12.0 Å². The topological polar surface area (TPSA) is 77.1 Å². The smallest absolute Gasteiger partial charge is 0.170 e. The first-order chi connectivity index (χ1) is 8.71. The first-order valence-electron chi connectivity index (χ1n) is 5.50. The minimum atomic E-state index is 0.0304. The average molecular weight is 270 g/mol. The van der Waals surface area contributed by atoms with Gasteiger partial charge in [-0.25, -0.2) is 0 Å². The van der Waals surface area contributed by atoms with E-state index in [0.717, 1.165) is 12.2 Å². The van der Waals surface area contributed by atoms with Crippen LogP contribution in [0.3, 0.4) is 0 Å². The third-order valence-electron chi connectivity index (χ3n) is 2.28. The summed E-state index contributed by atoms with van der Waals surface area (Å²) >= 11 is 1.78. The zero-order valence-corrected chi connectivity index (χ0v) is 11.4. The summed E-state index contributed by atoms with van der Waals surface area (Å²) in [5.41, 5.74) is 6.12. The van der Waals surface area contributed by atoms with Gasteiger partial charge in [0.2, 0.25) is 0 Å². The number of rotatable bonds is 7. The molecule has 0 heterocycles. The van der Waals surface area contributed by atoms with Crippen LogP contribution in [0, 0.1) is 0 Å². The van der Waals surface area contributed by atoms with Gasteiger partial charge in [-0.05, 0) is 30.6 Å². The molecule has 0 aliphatic rings. The van der Waals surface area contributed by atoms with Crippen LogP contribution in [0.25, 0.3) is 0 Å². The molecule has 0 amide bonds.